The lowest BCUT2D eigenvalue weighted by Crippen LogP contribution is -2.55. The summed E-state index contributed by atoms with van der Waals surface area (Å²) in [5, 5.41) is 2.22. The zero-order chi connectivity index (χ0) is 21.5. The Hall–Kier alpha value is -3.75. The number of aromatic nitrogens is 1. The number of benzene rings is 1. The second kappa shape index (κ2) is 7.50. The zero-order valence-electron chi connectivity index (χ0n) is 16.7. The van der Waals surface area contributed by atoms with E-state index in [0.29, 0.717) is 48.9 Å². The molecule has 1 fully saturated rings. The van der Waals surface area contributed by atoms with Crippen LogP contribution in [0.1, 0.15) is 31.4 Å². The number of imide groups is 2. The van der Waals surface area contributed by atoms with E-state index in [2.05, 4.69) is 10.3 Å². The van der Waals surface area contributed by atoms with Gasteiger partial charge in [0.15, 0.2) is 0 Å². The van der Waals surface area contributed by atoms with E-state index >= 15 is 0 Å². The average molecular weight is 420 g/mol. The maximum atomic E-state index is 13.2. The number of nitrogens with one attached hydrogen (secondary N) is 1. The molecule has 0 aliphatic carbocycles. The first-order valence-electron chi connectivity index (χ1n) is 10.2. The smallest absolute Gasteiger partial charge is 0.278 e. The Morgan fingerprint density at radius 2 is 1.87 bits per heavy atom. The number of rotatable bonds is 4. The molecular formula is C22H20N4O5. The Balaban J connectivity index is 1.38. The lowest BCUT2D eigenvalue weighted by molar-refractivity contribution is -0.150. The van der Waals surface area contributed by atoms with Crippen LogP contribution in [0.5, 0.6) is 0 Å². The molecule has 9 nitrogen and oxygen atoms in total. The van der Waals surface area contributed by atoms with Crippen molar-refractivity contribution in [1.29, 1.82) is 0 Å². The number of carbonyl (C=O) groups excluding carboxylic acids is 4. The largest absolute Gasteiger partial charge is 0.439 e. The van der Waals surface area contributed by atoms with Crippen LogP contribution in [0.4, 0.5) is 0 Å². The molecule has 0 bridgehead atoms. The van der Waals surface area contributed by atoms with Gasteiger partial charge in [-0.05, 0) is 31.4 Å². The van der Waals surface area contributed by atoms with Crippen molar-refractivity contribution in [3.63, 3.8) is 0 Å². The van der Waals surface area contributed by atoms with Gasteiger partial charge in [-0.15, -0.1) is 0 Å². The molecule has 3 aliphatic rings. The minimum absolute atomic E-state index is 0.0994. The van der Waals surface area contributed by atoms with E-state index in [1.54, 1.807) is 6.20 Å². The summed E-state index contributed by atoms with van der Waals surface area (Å²) in [4.78, 5) is 57.1. The maximum absolute atomic E-state index is 13.2. The maximum Gasteiger partial charge on any atom is 0.278 e. The molecule has 31 heavy (non-hydrogen) atoms. The molecule has 9 heteroatoms. The lowest BCUT2D eigenvalue weighted by atomic mass is 10.0. The van der Waals surface area contributed by atoms with Crippen LogP contribution in [0.3, 0.4) is 0 Å². The van der Waals surface area contributed by atoms with Gasteiger partial charge in [-0.25, -0.2) is 4.98 Å². The molecule has 1 N–H and O–H groups in total. The van der Waals surface area contributed by atoms with Crippen molar-refractivity contribution in [3.05, 3.63) is 53.6 Å². The van der Waals surface area contributed by atoms with E-state index in [-0.39, 0.29) is 18.7 Å². The second-order valence-corrected chi connectivity index (χ2v) is 7.80. The first-order valence-corrected chi connectivity index (χ1v) is 10.2. The Labute approximate surface area is 177 Å². The zero-order valence-corrected chi connectivity index (χ0v) is 16.7. The molecule has 4 amide bonds. The van der Waals surface area contributed by atoms with Gasteiger partial charge in [0.25, 0.3) is 11.8 Å². The molecular weight excluding hydrogens is 400 g/mol. The molecule has 3 aliphatic heterocycles. The molecule has 0 spiro atoms. The highest BCUT2D eigenvalue weighted by atomic mass is 16.4. The minimum atomic E-state index is -0.958. The fourth-order valence-corrected chi connectivity index (χ4v) is 4.34. The predicted octanol–water partition coefficient (Wildman–Crippen LogP) is 1.37. The number of nitrogens with zero attached hydrogens (tertiary/aromatic N) is 3. The highest BCUT2D eigenvalue weighted by Crippen LogP contribution is 2.35. The summed E-state index contributed by atoms with van der Waals surface area (Å²) in [6.07, 6.45) is 3.05. The standard InChI is InChI=1S/C22H20N4O5/c27-17-9-8-16(19(28)24-17)26-21(29)15-7-4-10-25(18(15)22(26)30)12-14-11-23-20(31-14)13-5-2-1-3-6-13/h1-3,5-6,11,16H,4,7-10,12H2,(H,24,27,28). The molecule has 0 saturated carbocycles. The number of oxazole rings is 1. The summed E-state index contributed by atoms with van der Waals surface area (Å²) in [7, 11) is 0. The van der Waals surface area contributed by atoms with Crippen molar-refractivity contribution >= 4 is 23.6 Å². The molecule has 4 heterocycles. The molecule has 1 aromatic carbocycles. The van der Waals surface area contributed by atoms with Gasteiger partial charge in [-0.1, -0.05) is 18.2 Å². The Morgan fingerprint density at radius 3 is 2.65 bits per heavy atom. The molecule has 5 rings (SSSR count). The Kier molecular flexibility index (Phi) is 4.65. The molecule has 1 atom stereocenters. The van der Waals surface area contributed by atoms with Crippen LogP contribution in [0.25, 0.3) is 11.5 Å². The van der Waals surface area contributed by atoms with Gasteiger partial charge in [0.2, 0.25) is 17.7 Å². The number of piperidine rings is 1. The molecule has 1 saturated heterocycles. The fraction of sp³-hybridized carbons (Fsp3) is 0.318. The predicted molar refractivity (Wildman–Crippen MR) is 107 cm³/mol. The number of carbonyl (C=O) groups is 4. The van der Waals surface area contributed by atoms with Crippen LogP contribution in [0.15, 0.2) is 52.2 Å². The first kappa shape index (κ1) is 19.2. The van der Waals surface area contributed by atoms with Crippen molar-refractivity contribution in [2.24, 2.45) is 0 Å². The van der Waals surface area contributed by atoms with Crippen molar-refractivity contribution in [1.82, 2.24) is 20.1 Å². The minimum Gasteiger partial charge on any atom is -0.439 e. The van der Waals surface area contributed by atoms with E-state index in [1.165, 1.54) is 0 Å². The van der Waals surface area contributed by atoms with Gasteiger partial charge >= 0.3 is 0 Å². The summed E-state index contributed by atoms with van der Waals surface area (Å²) >= 11 is 0. The normalized spacial score (nSPS) is 21.6. The first-order chi connectivity index (χ1) is 15.0. The summed E-state index contributed by atoms with van der Waals surface area (Å²) in [5.41, 5.74) is 1.59. The monoisotopic (exact) mass is 420 g/mol. The summed E-state index contributed by atoms with van der Waals surface area (Å²) in [6.45, 7) is 0.878. The van der Waals surface area contributed by atoms with Crippen LogP contribution in [0, 0.1) is 0 Å². The van der Waals surface area contributed by atoms with Gasteiger partial charge in [0, 0.05) is 24.1 Å². The highest BCUT2D eigenvalue weighted by Gasteiger charge is 2.48. The average Bonchev–Trinajstić information content (AvgIpc) is 3.33. The van der Waals surface area contributed by atoms with E-state index < -0.39 is 23.8 Å². The van der Waals surface area contributed by atoms with Crippen molar-refractivity contribution in [2.75, 3.05) is 6.54 Å². The third-order valence-electron chi connectivity index (χ3n) is 5.80. The van der Waals surface area contributed by atoms with E-state index in [1.807, 2.05) is 35.2 Å². The van der Waals surface area contributed by atoms with Crippen LogP contribution < -0.4 is 5.32 Å². The number of amides is 4. The Bertz CT molecular complexity index is 1120. The lowest BCUT2D eigenvalue weighted by Gasteiger charge is -2.30. The van der Waals surface area contributed by atoms with Crippen LogP contribution >= 0.6 is 0 Å². The van der Waals surface area contributed by atoms with E-state index in [4.69, 9.17) is 4.42 Å². The van der Waals surface area contributed by atoms with E-state index in [0.717, 1.165) is 10.5 Å². The molecule has 1 aromatic heterocycles. The summed E-state index contributed by atoms with van der Waals surface area (Å²) in [5.74, 6) is -0.863. The number of hydrogen-bond donors (Lipinski definition) is 1. The van der Waals surface area contributed by atoms with Gasteiger partial charge in [0.05, 0.1) is 12.7 Å². The molecule has 158 valence electrons. The fourth-order valence-electron chi connectivity index (χ4n) is 4.34. The molecule has 1 unspecified atom stereocenters. The van der Waals surface area contributed by atoms with Gasteiger partial charge in [0.1, 0.15) is 17.5 Å². The summed E-state index contributed by atoms with van der Waals surface area (Å²) < 4.78 is 5.87. The quantitative estimate of drug-likeness (QED) is 0.743. The third-order valence-corrected chi connectivity index (χ3v) is 5.80. The Morgan fingerprint density at radius 1 is 1.06 bits per heavy atom. The van der Waals surface area contributed by atoms with Crippen molar-refractivity contribution in [3.8, 4) is 11.5 Å². The van der Waals surface area contributed by atoms with Crippen LogP contribution in [0.2, 0.25) is 0 Å². The molecule has 0 radical (unpaired) electrons. The van der Waals surface area contributed by atoms with Gasteiger partial charge in [-0.2, -0.15) is 0 Å². The van der Waals surface area contributed by atoms with Crippen LogP contribution in [-0.2, 0) is 25.7 Å². The third kappa shape index (κ3) is 3.31. The topological polar surface area (TPSA) is 113 Å². The van der Waals surface area contributed by atoms with Gasteiger partial charge < -0.3 is 9.32 Å². The highest BCUT2D eigenvalue weighted by molar-refractivity contribution is 6.21. The van der Waals surface area contributed by atoms with Crippen LogP contribution in [-0.4, -0.2) is 51.0 Å². The van der Waals surface area contributed by atoms with Crippen molar-refractivity contribution < 1.29 is 23.6 Å². The van der Waals surface area contributed by atoms with E-state index in [9.17, 15) is 19.2 Å². The van der Waals surface area contributed by atoms with Gasteiger partial charge in [-0.3, -0.25) is 29.4 Å². The number of hydrogen-bond acceptors (Lipinski definition) is 7. The summed E-state index contributed by atoms with van der Waals surface area (Å²) in [6, 6.07) is 8.54. The van der Waals surface area contributed by atoms with Crippen molar-refractivity contribution in [2.45, 2.75) is 38.3 Å². The second-order valence-electron chi connectivity index (χ2n) is 7.80. The SMILES string of the molecule is O=C1CCC(N2C(=O)C3=C(C2=O)N(Cc2cnc(-c4ccccc4)o2)CCC3)C(=O)N1. The molecule has 2 aromatic rings.